The van der Waals surface area contributed by atoms with Crippen molar-refractivity contribution in [2.24, 2.45) is 0 Å². The molecule has 1 aliphatic carbocycles. The molecular formula is C26H27N3O2. The van der Waals surface area contributed by atoms with Gasteiger partial charge in [0.25, 0.3) is 0 Å². The van der Waals surface area contributed by atoms with E-state index in [-0.39, 0.29) is 5.97 Å². The summed E-state index contributed by atoms with van der Waals surface area (Å²) in [6.45, 7) is 2.19. The average molecular weight is 414 g/mol. The number of benzene rings is 1. The Morgan fingerprint density at radius 2 is 1.87 bits per heavy atom. The number of hydrogen-bond donors (Lipinski definition) is 1. The maximum Gasteiger partial charge on any atom is 0.342 e. The van der Waals surface area contributed by atoms with E-state index in [2.05, 4.69) is 21.9 Å². The van der Waals surface area contributed by atoms with Crippen molar-refractivity contribution in [3.63, 3.8) is 0 Å². The second-order valence-corrected chi connectivity index (χ2v) is 8.14. The van der Waals surface area contributed by atoms with Crippen molar-refractivity contribution >= 4 is 28.1 Å². The highest BCUT2D eigenvalue weighted by atomic mass is 16.5. The van der Waals surface area contributed by atoms with Gasteiger partial charge in [-0.2, -0.15) is 0 Å². The molecule has 31 heavy (non-hydrogen) atoms. The smallest absolute Gasteiger partial charge is 0.342 e. The predicted molar refractivity (Wildman–Crippen MR) is 125 cm³/mol. The van der Waals surface area contributed by atoms with Crippen molar-refractivity contribution in [2.75, 3.05) is 11.9 Å². The van der Waals surface area contributed by atoms with Crippen LogP contribution in [-0.4, -0.2) is 28.0 Å². The molecule has 3 aromatic heterocycles. The maximum atomic E-state index is 13.1. The first-order chi connectivity index (χ1) is 15.3. The Labute approximate surface area is 182 Å². The largest absolute Gasteiger partial charge is 0.462 e. The molecule has 0 unspecified atom stereocenters. The van der Waals surface area contributed by atoms with Crippen molar-refractivity contribution < 1.29 is 9.53 Å². The molecule has 5 heteroatoms. The summed E-state index contributed by atoms with van der Waals surface area (Å²) in [4.78, 5) is 18.0. The van der Waals surface area contributed by atoms with Crippen LogP contribution in [0.5, 0.6) is 0 Å². The van der Waals surface area contributed by atoms with Crippen LogP contribution in [0.4, 0.5) is 5.69 Å². The van der Waals surface area contributed by atoms with Crippen LogP contribution in [0, 0.1) is 0 Å². The summed E-state index contributed by atoms with van der Waals surface area (Å²) < 4.78 is 7.54. The summed E-state index contributed by atoms with van der Waals surface area (Å²) in [6.07, 6.45) is 7.92. The summed E-state index contributed by atoms with van der Waals surface area (Å²) in [5, 5.41) is 4.83. The van der Waals surface area contributed by atoms with Crippen molar-refractivity contribution in [2.45, 2.75) is 45.1 Å². The lowest BCUT2D eigenvalue weighted by Crippen LogP contribution is -2.23. The van der Waals surface area contributed by atoms with Gasteiger partial charge in [-0.05, 0) is 44.0 Å². The van der Waals surface area contributed by atoms with Gasteiger partial charge >= 0.3 is 5.97 Å². The first kappa shape index (κ1) is 19.6. The van der Waals surface area contributed by atoms with Gasteiger partial charge in [0.2, 0.25) is 0 Å². The molecule has 1 aliphatic rings. The van der Waals surface area contributed by atoms with Gasteiger partial charge in [0, 0.05) is 17.6 Å². The molecule has 0 spiro atoms. The Bertz CT molecular complexity index is 1240. The molecule has 3 heterocycles. The van der Waals surface area contributed by atoms with Crippen molar-refractivity contribution in [3.05, 3.63) is 66.4 Å². The number of fused-ring (bicyclic) bond motifs is 2. The Hall–Kier alpha value is -3.34. The number of para-hydroxylation sites is 1. The Kier molecular flexibility index (Phi) is 5.33. The molecule has 5 nitrogen and oxygen atoms in total. The monoisotopic (exact) mass is 413 g/mol. The number of ether oxygens (including phenoxy) is 1. The predicted octanol–water partition coefficient (Wildman–Crippen LogP) is 6.08. The lowest BCUT2D eigenvalue weighted by atomic mass is 9.95. The number of esters is 1. The lowest BCUT2D eigenvalue weighted by molar-refractivity contribution is 0.0530. The summed E-state index contributed by atoms with van der Waals surface area (Å²) in [7, 11) is 0. The van der Waals surface area contributed by atoms with Crippen LogP contribution in [0.3, 0.4) is 0 Å². The SMILES string of the molecule is CCOC(=O)c1c(NC2CCCCC2)c(-c2ccc3ccccc3n2)n2ccccc12. The number of carbonyl (C=O) groups excluding carboxylic acids is 1. The highest BCUT2D eigenvalue weighted by molar-refractivity contribution is 6.08. The third-order valence-corrected chi connectivity index (χ3v) is 6.12. The van der Waals surface area contributed by atoms with Crippen LogP contribution in [0.15, 0.2) is 60.8 Å². The van der Waals surface area contributed by atoms with Crippen LogP contribution in [-0.2, 0) is 4.74 Å². The van der Waals surface area contributed by atoms with Gasteiger partial charge in [0.05, 0.1) is 34.7 Å². The van der Waals surface area contributed by atoms with E-state index in [4.69, 9.17) is 9.72 Å². The van der Waals surface area contributed by atoms with E-state index in [0.29, 0.717) is 18.2 Å². The van der Waals surface area contributed by atoms with Crippen LogP contribution < -0.4 is 5.32 Å². The standard InChI is InChI=1S/C26H27N3O2/c1-2-31-26(30)23-22-14-8-9-17-29(22)25(24(23)27-19-11-4-3-5-12-19)21-16-15-18-10-6-7-13-20(18)28-21/h6-10,13-17,19,27H,2-5,11-12H2,1H3. The van der Waals surface area contributed by atoms with Crippen LogP contribution in [0.2, 0.25) is 0 Å². The molecule has 5 rings (SSSR count). The van der Waals surface area contributed by atoms with Crippen molar-refractivity contribution in [1.29, 1.82) is 0 Å². The molecule has 0 amide bonds. The van der Waals surface area contributed by atoms with Crippen LogP contribution in [0.25, 0.3) is 27.8 Å². The zero-order valence-electron chi connectivity index (χ0n) is 17.8. The van der Waals surface area contributed by atoms with Gasteiger partial charge in [-0.3, -0.25) is 0 Å². The second-order valence-electron chi connectivity index (χ2n) is 8.14. The van der Waals surface area contributed by atoms with Crippen LogP contribution in [0.1, 0.15) is 49.4 Å². The second kappa shape index (κ2) is 8.42. The van der Waals surface area contributed by atoms with Gasteiger partial charge in [-0.15, -0.1) is 0 Å². The summed E-state index contributed by atoms with van der Waals surface area (Å²) in [5.74, 6) is -0.295. The molecule has 1 aromatic carbocycles. The van der Waals surface area contributed by atoms with Gasteiger partial charge < -0.3 is 14.5 Å². The molecule has 0 radical (unpaired) electrons. The number of pyridine rings is 2. The van der Waals surface area contributed by atoms with E-state index >= 15 is 0 Å². The minimum Gasteiger partial charge on any atom is -0.462 e. The van der Waals surface area contributed by atoms with Gasteiger partial charge in [0.1, 0.15) is 5.56 Å². The quantitative estimate of drug-likeness (QED) is 0.403. The van der Waals surface area contributed by atoms with E-state index in [9.17, 15) is 4.79 Å². The fourth-order valence-electron chi connectivity index (χ4n) is 4.66. The van der Waals surface area contributed by atoms with Crippen molar-refractivity contribution in [1.82, 2.24) is 9.38 Å². The van der Waals surface area contributed by atoms with Crippen LogP contribution >= 0.6 is 0 Å². The normalized spacial score (nSPS) is 14.7. The van der Waals surface area contributed by atoms with E-state index in [1.165, 1.54) is 19.3 Å². The third kappa shape index (κ3) is 3.65. The van der Waals surface area contributed by atoms with E-state index < -0.39 is 0 Å². The number of hydrogen-bond acceptors (Lipinski definition) is 4. The fourth-order valence-corrected chi connectivity index (χ4v) is 4.66. The number of carbonyl (C=O) groups is 1. The molecule has 0 saturated heterocycles. The number of anilines is 1. The highest BCUT2D eigenvalue weighted by Gasteiger charge is 2.28. The molecule has 0 atom stereocenters. The number of nitrogens with one attached hydrogen (secondary N) is 1. The Morgan fingerprint density at radius 1 is 1.06 bits per heavy atom. The van der Waals surface area contributed by atoms with Crippen molar-refractivity contribution in [3.8, 4) is 11.4 Å². The summed E-state index contributed by atoms with van der Waals surface area (Å²) >= 11 is 0. The summed E-state index contributed by atoms with van der Waals surface area (Å²) in [5.41, 5.74) is 4.96. The molecule has 0 bridgehead atoms. The van der Waals surface area contributed by atoms with Gasteiger partial charge in [-0.25, -0.2) is 9.78 Å². The number of rotatable bonds is 5. The molecule has 1 saturated carbocycles. The number of nitrogens with zero attached hydrogens (tertiary/aromatic N) is 2. The minimum absolute atomic E-state index is 0.295. The summed E-state index contributed by atoms with van der Waals surface area (Å²) in [6, 6.07) is 18.5. The zero-order chi connectivity index (χ0) is 21.2. The van der Waals surface area contributed by atoms with E-state index in [0.717, 1.165) is 46.3 Å². The maximum absolute atomic E-state index is 13.1. The molecule has 1 N–H and O–H groups in total. The first-order valence-electron chi connectivity index (χ1n) is 11.2. The first-order valence-corrected chi connectivity index (χ1v) is 11.2. The molecule has 0 aliphatic heterocycles. The molecule has 158 valence electrons. The van der Waals surface area contributed by atoms with Gasteiger partial charge in [0.15, 0.2) is 0 Å². The molecular weight excluding hydrogens is 386 g/mol. The minimum atomic E-state index is -0.295. The molecule has 4 aromatic rings. The average Bonchev–Trinajstić information content (AvgIpc) is 3.13. The van der Waals surface area contributed by atoms with E-state index in [1.54, 1.807) is 0 Å². The lowest BCUT2D eigenvalue weighted by Gasteiger charge is -2.24. The zero-order valence-corrected chi connectivity index (χ0v) is 17.8. The number of aromatic nitrogens is 2. The fraction of sp³-hybridized carbons (Fsp3) is 0.308. The Balaban J connectivity index is 1.74. The topological polar surface area (TPSA) is 55.6 Å². The van der Waals surface area contributed by atoms with E-state index in [1.807, 2.05) is 55.6 Å². The Morgan fingerprint density at radius 3 is 2.71 bits per heavy atom. The third-order valence-electron chi connectivity index (χ3n) is 6.12. The highest BCUT2D eigenvalue weighted by Crippen LogP contribution is 2.38. The molecule has 1 fully saturated rings. The van der Waals surface area contributed by atoms with Gasteiger partial charge in [-0.1, -0.05) is 49.6 Å².